The van der Waals surface area contributed by atoms with Gasteiger partial charge in [-0.3, -0.25) is 4.99 Å². The molecule has 0 amide bonds. The zero-order chi connectivity index (χ0) is 21.8. The number of aliphatic hydroxyl groups is 1. The second kappa shape index (κ2) is 13.2. The number of ether oxygens (including phenoxy) is 3. The summed E-state index contributed by atoms with van der Waals surface area (Å²) in [6.45, 7) is 11.1. The second-order valence-corrected chi connectivity index (χ2v) is 7.72. The standard InChI is InChI=1S/C25H35NO4/c1-19(2)23-6-5-7-24(20(3)4)25(23)26-18-21-8-10-22(11-9-21)30-17-16-29-15-14-28-13-12-27/h5-11,18-20,27H,12-17H2,1-4H3. The summed E-state index contributed by atoms with van der Waals surface area (Å²) in [5.74, 6) is 1.66. The number of hydrogen-bond acceptors (Lipinski definition) is 5. The van der Waals surface area contributed by atoms with Gasteiger partial charge in [-0.25, -0.2) is 0 Å². The molecule has 5 heteroatoms. The first-order valence-electron chi connectivity index (χ1n) is 10.7. The van der Waals surface area contributed by atoms with E-state index in [1.165, 1.54) is 11.1 Å². The number of aliphatic hydroxyl groups excluding tert-OH is 1. The number of rotatable bonds is 13. The Kier molecular flexibility index (Phi) is 10.6. The van der Waals surface area contributed by atoms with Crippen LogP contribution in [0.3, 0.4) is 0 Å². The van der Waals surface area contributed by atoms with Gasteiger partial charge in [-0.1, -0.05) is 45.9 Å². The molecule has 2 aromatic rings. The highest BCUT2D eigenvalue weighted by Gasteiger charge is 2.12. The summed E-state index contributed by atoms with van der Waals surface area (Å²) < 4.78 is 16.3. The summed E-state index contributed by atoms with van der Waals surface area (Å²) >= 11 is 0. The normalized spacial score (nSPS) is 11.7. The Labute approximate surface area is 180 Å². The van der Waals surface area contributed by atoms with Gasteiger partial charge in [0, 0.05) is 6.21 Å². The smallest absolute Gasteiger partial charge is 0.119 e. The SMILES string of the molecule is CC(C)c1cccc(C(C)C)c1N=Cc1ccc(OCCOCCOCCO)cc1. The molecule has 0 atom stereocenters. The van der Waals surface area contributed by atoms with E-state index in [1.54, 1.807) is 0 Å². The zero-order valence-corrected chi connectivity index (χ0v) is 18.6. The molecule has 0 fully saturated rings. The summed E-state index contributed by atoms with van der Waals surface area (Å²) in [5, 5.41) is 8.62. The topological polar surface area (TPSA) is 60.3 Å². The van der Waals surface area contributed by atoms with Gasteiger partial charge in [0.05, 0.1) is 38.7 Å². The first kappa shape index (κ1) is 24.1. The van der Waals surface area contributed by atoms with Crippen LogP contribution in [-0.4, -0.2) is 51.0 Å². The van der Waals surface area contributed by atoms with Gasteiger partial charge >= 0.3 is 0 Å². The van der Waals surface area contributed by atoms with Crippen molar-refractivity contribution in [2.24, 2.45) is 4.99 Å². The fourth-order valence-corrected chi connectivity index (χ4v) is 3.06. The number of nitrogens with zero attached hydrogens (tertiary/aromatic N) is 1. The lowest BCUT2D eigenvalue weighted by molar-refractivity contribution is 0.0247. The monoisotopic (exact) mass is 413 g/mol. The van der Waals surface area contributed by atoms with Crippen molar-refractivity contribution in [3.8, 4) is 5.75 Å². The van der Waals surface area contributed by atoms with E-state index in [0.29, 0.717) is 44.9 Å². The summed E-state index contributed by atoms with van der Waals surface area (Å²) in [5.41, 5.74) is 4.68. The quantitative estimate of drug-likeness (QED) is 0.367. The zero-order valence-electron chi connectivity index (χ0n) is 18.6. The Bertz CT molecular complexity index is 743. The molecule has 0 heterocycles. The van der Waals surface area contributed by atoms with E-state index in [1.807, 2.05) is 30.5 Å². The molecule has 0 aliphatic carbocycles. The third kappa shape index (κ3) is 7.90. The lowest BCUT2D eigenvalue weighted by Crippen LogP contribution is -2.11. The van der Waals surface area contributed by atoms with E-state index in [2.05, 4.69) is 45.9 Å². The summed E-state index contributed by atoms with van der Waals surface area (Å²) in [6, 6.07) is 14.4. The largest absolute Gasteiger partial charge is 0.491 e. The average Bonchev–Trinajstić information content (AvgIpc) is 2.74. The first-order valence-corrected chi connectivity index (χ1v) is 10.7. The molecular formula is C25H35NO4. The van der Waals surface area contributed by atoms with Gasteiger partial charge in [0.1, 0.15) is 12.4 Å². The fraction of sp³-hybridized carbons (Fsp3) is 0.480. The minimum atomic E-state index is 0.0347. The Morgan fingerprint density at radius 1 is 0.800 bits per heavy atom. The molecule has 0 saturated carbocycles. The Balaban J connectivity index is 1.90. The Morgan fingerprint density at radius 3 is 1.93 bits per heavy atom. The predicted molar refractivity (Wildman–Crippen MR) is 123 cm³/mol. The minimum Gasteiger partial charge on any atom is -0.491 e. The van der Waals surface area contributed by atoms with Gasteiger partial charge in [-0.05, 0) is 52.8 Å². The van der Waals surface area contributed by atoms with Crippen LogP contribution in [0, 0.1) is 0 Å². The number of aliphatic imine (C=N–C) groups is 1. The van der Waals surface area contributed by atoms with Crippen molar-refractivity contribution in [2.75, 3.05) is 39.6 Å². The van der Waals surface area contributed by atoms with Crippen LogP contribution in [0.5, 0.6) is 5.75 Å². The molecule has 0 aliphatic rings. The maximum absolute atomic E-state index is 8.62. The molecule has 164 valence electrons. The van der Waals surface area contributed by atoms with Gasteiger partial charge in [0.15, 0.2) is 0 Å². The second-order valence-electron chi connectivity index (χ2n) is 7.72. The van der Waals surface area contributed by atoms with Crippen LogP contribution < -0.4 is 4.74 Å². The van der Waals surface area contributed by atoms with Crippen LogP contribution in [0.2, 0.25) is 0 Å². The Hall–Kier alpha value is -2.21. The van der Waals surface area contributed by atoms with Crippen molar-refractivity contribution in [1.82, 2.24) is 0 Å². The van der Waals surface area contributed by atoms with Crippen LogP contribution in [0.25, 0.3) is 0 Å². The van der Waals surface area contributed by atoms with E-state index in [-0.39, 0.29) is 6.61 Å². The molecule has 1 N–H and O–H groups in total. The van der Waals surface area contributed by atoms with Crippen LogP contribution in [0.4, 0.5) is 5.69 Å². The van der Waals surface area contributed by atoms with Crippen LogP contribution >= 0.6 is 0 Å². The highest BCUT2D eigenvalue weighted by molar-refractivity contribution is 5.83. The van der Waals surface area contributed by atoms with E-state index in [4.69, 9.17) is 24.3 Å². The number of hydrogen-bond donors (Lipinski definition) is 1. The molecular weight excluding hydrogens is 378 g/mol. The molecule has 0 unspecified atom stereocenters. The fourth-order valence-electron chi connectivity index (χ4n) is 3.06. The van der Waals surface area contributed by atoms with Crippen molar-refractivity contribution in [1.29, 1.82) is 0 Å². The number of para-hydroxylation sites is 1. The Morgan fingerprint density at radius 2 is 1.37 bits per heavy atom. The average molecular weight is 414 g/mol. The first-order chi connectivity index (χ1) is 14.5. The van der Waals surface area contributed by atoms with Gasteiger partial charge in [-0.2, -0.15) is 0 Å². The van der Waals surface area contributed by atoms with Crippen molar-refractivity contribution in [3.63, 3.8) is 0 Å². The summed E-state index contributed by atoms with van der Waals surface area (Å²) in [7, 11) is 0. The van der Waals surface area contributed by atoms with Gasteiger partial charge in [0.25, 0.3) is 0 Å². The van der Waals surface area contributed by atoms with Crippen molar-refractivity contribution >= 4 is 11.9 Å². The molecule has 0 saturated heterocycles. The van der Waals surface area contributed by atoms with Crippen LogP contribution in [-0.2, 0) is 9.47 Å². The van der Waals surface area contributed by atoms with Crippen LogP contribution in [0.15, 0.2) is 47.5 Å². The van der Waals surface area contributed by atoms with Gasteiger partial charge in [0.2, 0.25) is 0 Å². The van der Waals surface area contributed by atoms with Gasteiger partial charge in [-0.15, -0.1) is 0 Å². The highest BCUT2D eigenvalue weighted by atomic mass is 16.5. The van der Waals surface area contributed by atoms with E-state index < -0.39 is 0 Å². The highest BCUT2D eigenvalue weighted by Crippen LogP contribution is 2.34. The van der Waals surface area contributed by atoms with Crippen LogP contribution in [0.1, 0.15) is 56.2 Å². The van der Waals surface area contributed by atoms with Crippen molar-refractivity contribution in [2.45, 2.75) is 39.5 Å². The molecule has 0 aromatic heterocycles. The third-order valence-corrected chi connectivity index (χ3v) is 4.67. The minimum absolute atomic E-state index is 0.0347. The maximum atomic E-state index is 8.62. The van der Waals surface area contributed by atoms with E-state index in [0.717, 1.165) is 17.0 Å². The summed E-state index contributed by atoms with van der Waals surface area (Å²) in [6.07, 6.45) is 1.92. The molecule has 2 aromatic carbocycles. The summed E-state index contributed by atoms with van der Waals surface area (Å²) in [4.78, 5) is 4.85. The molecule has 5 nitrogen and oxygen atoms in total. The molecule has 0 radical (unpaired) electrons. The lowest BCUT2D eigenvalue weighted by atomic mass is 9.93. The third-order valence-electron chi connectivity index (χ3n) is 4.67. The van der Waals surface area contributed by atoms with E-state index in [9.17, 15) is 0 Å². The van der Waals surface area contributed by atoms with Crippen molar-refractivity contribution in [3.05, 3.63) is 59.2 Å². The number of benzene rings is 2. The maximum Gasteiger partial charge on any atom is 0.119 e. The van der Waals surface area contributed by atoms with Gasteiger partial charge < -0.3 is 19.3 Å². The lowest BCUT2D eigenvalue weighted by Gasteiger charge is -2.16. The molecule has 30 heavy (non-hydrogen) atoms. The molecule has 2 rings (SSSR count). The predicted octanol–water partition coefficient (Wildman–Crippen LogP) is 5.09. The van der Waals surface area contributed by atoms with E-state index >= 15 is 0 Å². The molecule has 0 spiro atoms. The molecule has 0 bridgehead atoms. The van der Waals surface area contributed by atoms with Crippen molar-refractivity contribution < 1.29 is 19.3 Å². The molecule has 0 aliphatic heterocycles.